The van der Waals surface area contributed by atoms with E-state index in [9.17, 15) is 4.79 Å². The summed E-state index contributed by atoms with van der Waals surface area (Å²) in [4.78, 5) is 11.8. The summed E-state index contributed by atoms with van der Waals surface area (Å²) in [6, 6.07) is 0.307. The molecular formula is C10H15ClN2OS. The van der Waals surface area contributed by atoms with E-state index in [1.807, 2.05) is 17.7 Å². The van der Waals surface area contributed by atoms with Crippen LogP contribution in [-0.2, 0) is 0 Å². The molecular weight excluding hydrogens is 232 g/mol. The van der Waals surface area contributed by atoms with Gasteiger partial charge < -0.3 is 10.6 Å². The molecule has 15 heavy (non-hydrogen) atoms. The number of hydrogen-bond donors (Lipinski definition) is 2. The van der Waals surface area contributed by atoms with Crippen molar-refractivity contribution in [3.05, 3.63) is 21.9 Å². The van der Waals surface area contributed by atoms with Gasteiger partial charge in [-0.15, -0.1) is 12.4 Å². The number of rotatable bonds is 2. The lowest BCUT2D eigenvalue weighted by atomic mass is 10.2. The second-order valence-corrected chi connectivity index (χ2v) is 4.38. The van der Waals surface area contributed by atoms with Crippen LogP contribution in [-0.4, -0.2) is 25.0 Å². The van der Waals surface area contributed by atoms with Crippen LogP contribution in [0.2, 0.25) is 0 Å². The minimum absolute atomic E-state index is 0. The van der Waals surface area contributed by atoms with Crippen LogP contribution in [0, 0.1) is 6.92 Å². The predicted molar refractivity (Wildman–Crippen MR) is 65.0 cm³/mol. The molecule has 84 valence electrons. The summed E-state index contributed by atoms with van der Waals surface area (Å²) in [6.45, 7) is 3.88. The summed E-state index contributed by atoms with van der Waals surface area (Å²) in [5.41, 5.74) is 1.89. The zero-order chi connectivity index (χ0) is 9.97. The van der Waals surface area contributed by atoms with Crippen LogP contribution >= 0.6 is 23.7 Å². The second-order valence-electron chi connectivity index (χ2n) is 3.63. The van der Waals surface area contributed by atoms with Crippen molar-refractivity contribution >= 4 is 29.7 Å². The number of thiophene rings is 1. The van der Waals surface area contributed by atoms with Gasteiger partial charge in [0.25, 0.3) is 5.91 Å². The Bertz CT molecular complexity index is 334. The van der Waals surface area contributed by atoms with Crippen molar-refractivity contribution in [2.24, 2.45) is 0 Å². The monoisotopic (exact) mass is 246 g/mol. The summed E-state index contributed by atoms with van der Waals surface area (Å²) in [7, 11) is 0. The molecule has 3 nitrogen and oxygen atoms in total. The molecule has 0 aliphatic carbocycles. The molecule has 0 bridgehead atoms. The number of halogens is 1. The fourth-order valence-corrected chi connectivity index (χ4v) is 2.46. The predicted octanol–water partition coefficient (Wildman–Crippen LogP) is 1.57. The Kier molecular flexibility index (Phi) is 4.57. The molecule has 0 saturated carbocycles. The lowest BCUT2D eigenvalue weighted by Gasteiger charge is -2.10. The Labute approximate surface area is 99.7 Å². The maximum Gasteiger partial charge on any atom is 0.252 e. The molecule has 0 radical (unpaired) electrons. The zero-order valence-corrected chi connectivity index (χ0v) is 10.2. The van der Waals surface area contributed by atoms with Crippen molar-refractivity contribution < 1.29 is 4.79 Å². The Morgan fingerprint density at radius 1 is 1.60 bits per heavy atom. The van der Waals surface area contributed by atoms with Crippen LogP contribution in [0.4, 0.5) is 0 Å². The number of nitrogens with one attached hydrogen (secondary N) is 2. The third-order valence-corrected chi connectivity index (χ3v) is 3.36. The molecule has 1 fully saturated rings. The van der Waals surface area contributed by atoms with Gasteiger partial charge in [0.15, 0.2) is 0 Å². The third kappa shape index (κ3) is 2.93. The number of carbonyl (C=O) groups is 1. The lowest BCUT2D eigenvalue weighted by Crippen LogP contribution is -2.36. The Morgan fingerprint density at radius 2 is 2.40 bits per heavy atom. The molecule has 2 heterocycles. The Morgan fingerprint density at radius 3 is 2.93 bits per heavy atom. The molecule has 1 unspecified atom stereocenters. The topological polar surface area (TPSA) is 41.1 Å². The molecule has 1 aliphatic heterocycles. The van der Waals surface area contributed by atoms with E-state index in [2.05, 4.69) is 10.6 Å². The van der Waals surface area contributed by atoms with Crippen molar-refractivity contribution in [2.45, 2.75) is 19.4 Å². The molecule has 2 rings (SSSR count). The molecule has 2 N–H and O–H groups in total. The fraction of sp³-hybridized carbons (Fsp3) is 0.500. The first-order chi connectivity index (χ1) is 6.77. The van der Waals surface area contributed by atoms with Gasteiger partial charge in [0.05, 0.1) is 5.56 Å². The molecule has 5 heteroatoms. The first kappa shape index (κ1) is 12.5. The van der Waals surface area contributed by atoms with Crippen LogP contribution in [0.1, 0.15) is 22.3 Å². The molecule has 1 saturated heterocycles. The van der Waals surface area contributed by atoms with Crippen LogP contribution in [0.15, 0.2) is 10.8 Å². The van der Waals surface area contributed by atoms with E-state index in [4.69, 9.17) is 0 Å². The Balaban J connectivity index is 0.00000112. The standard InChI is InChI=1S/C10H14N2OS.ClH/c1-7-5-14-6-9(7)10(13)12-8-2-3-11-4-8;/h5-6,8,11H,2-4H2,1H3,(H,12,13);1H. The molecule has 1 amide bonds. The van der Waals surface area contributed by atoms with Crippen molar-refractivity contribution in [3.63, 3.8) is 0 Å². The van der Waals surface area contributed by atoms with Gasteiger partial charge in [0.2, 0.25) is 0 Å². The third-order valence-electron chi connectivity index (χ3n) is 2.50. The fourth-order valence-electron chi connectivity index (χ4n) is 1.63. The van der Waals surface area contributed by atoms with Gasteiger partial charge >= 0.3 is 0 Å². The van der Waals surface area contributed by atoms with Crippen molar-refractivity contribution in [1.82, 2.24) is 10.6 Å². The van der Waals surface area contributed by atoms with Gasteiger partial charge in [-0.25, -0.2) is 0 Å². The first-order valence-electron chi connectivity index (χ1n) is 4.82. The van der Waals surface area contributed by atoms with Crippen LogP contribution in [0.5, 0.6) is 0 Å². The van der Waals surface area contributed by atoms with Crippen molar-refractivity contribution in [1.29, 1.82) is 0 Å². The highest BCUT2D eigenvalue weighted by atomic mass is 35.5. The number of carbonyl (C=O) groups excluding carboxylic acids is 1. The van der Waals surface area contributed by atoms with E-state index in [1.54, 1.807) is 11.3 Å². The van der Waals surface area contributed by atoms with E-state index < -0.39 is 0 Å². The summed E-state index contributed by atoms with van der Waals surface area (Å²) >= 11 is 1.58. The smallest absolute Gasteiger partial charge is 0.252 e. The van der Waals surface area contributed by atoms with Crippen LogP contribution < -0.4 is 10.6 Å². The normalized spacial score (nSPS) is 19.7. The zero-order valence-electron chi connectivity index (χ0n) is 8.58. The number of hydrogen-bond acceptors (Lipinski definition) is 3. The maximum atomic E-state index is 11.8. The van der Waals surface area contributed by atoms with E-state index >= 15 is 0 Å². The molecule has 1 atom stereocenters. The molecule has 1 aromatic rings. The molecule has 0 aromatic carbocycles. The van der Waals surface area contributed by atoms with E-state index in [1.165, 1.54) is 0 Å². The highest BCUT2D eigenvalue weighted by molar-refractivity contribution is 7.08. The SMILES string of the molecule is Cc1cscc1C(=O)NC1CCNC1.Cl. The summed E-state index contributed by atoms with van der Waals surface area (Å²) in [5, 5.41) is 10.2. The summed E-state index contributed by atoms with van der Waals surface area (Å²) in [5.74, 6) is 0.0671. The first-order valence-corrected chi connectivity index (χ1v) is 5.76. The van der Waals surface area contributed by atoms with Gasteiger partial charge in [-0.3, -0.25) is 4.79 Å². The molecule has 1 aromatic heterocycles. The van der Waals surface area contributed by atoms with Crippen LogP contribution in [0.25, 0.3) is 0 Å². The van der Waals surface area contributed by atoms with Crippen LogP contribution in [0.3, 0.4) is 0 Å². The maximum absolute atomic E-state index is 11.8. The minimum atomic E-state index is 0. The Hall–Kier alpha value is -0.580. The van der Waals surface area contributed by atoms with E-state index in [-0.39, 0.29) is 18.3 Å². The number of aryl methyl sites for hydroxylation is 1. The van der Waals surface area contributed by atoms with Crippen molar-refractivity contribution in [3.8, 4) is 0 Å². The van der Waals surface area contributed by atoms with Gasteiger partial charge in [0, 0.05) is 18.0 Å². The van der Waals surface area contributed by atoms with Crippen molar-refractivity contribution in [2.75, 3.05) is 13.1 Å². The quantitative estimate of drug-likeness (QED) is 0.832. The minimum Gasteiger partial charge on any atom is -0.348 e. The average molecular weight is 247 g/mol. The summed E-state index contributed by atoms with van der Waals surface area (Å²) in [6.07, 6.45) is 1.04. The van der Waals surface area contributed by atoms with E-state index in [0.29, 0.717) is 6.04 Å². The number of amides is 1. The lowest BCUT2D eigenvalue weighted by molar-refractivity contribution is 0.0940. The highest BCUT2D eigenvalue weighted by Crippen LogP contribution is 2.13. The largest absolute Gasteiger partial charge is 0.348 e. The summed E-state index contributed by atoms with van der Waals surface area (Å²) < 4.78 is 0. The van der Waals surface area contributed by atoms with E-state index in [0.717, 1.165) is 30.6 Å². The van der Waals surface area contributed by atoms with Gasteiger partial charge in [-0.2, -0.15) is 11.3 Å². The van der Waals surface area contributed by atoms with Gasteiger partial charge in [0.1, 0.15) is 0 Å². The second kappa shape index (κ2) is 5.49. The molecule has 0 spiro atoms. The van der Waals surface area contributed by atoms with Gasteiger partial charge in [-0.05, 0) is 30.8 Å². The highest BCUT2D eigenvalue weighted by Gasteiger charge is 2.18. The average Bonchev–Trinajstić information content (AvgIpc) is 2.75. The molecule has 1 aliphatic rings. The van der Waals surface area contributed by atoms with Gasteiger partial charge in [-0.1, -0.05) is 0 Å².